The van der Waals surface area contributed by atoms with Crippen LogP contribution in [0.2, 0.25) is 0 Å². The second kappa shape index (κ2) is 5.37. The number of aryl methyl sites for hydroxylation is 1. The number of benzene rings is 1. The molecular weight excluding hydrogens is 228 g/mol. The summed E-state index contributed by atoms with van der Waals surface area (Å²) in [5.41, 5.74) is 2.41. The zero-order valence-corrected chi connectivity index (χ0v) is 10.2. The summed E-state index contributed by atoms with van der Waals surface area (Å²) in [6.07, 6.45) is 1.15. The Labute approximate surface area is 106 Å². The fourth-order valence-electron chi connectivity index (χ4n) is 1.84. The minimum atomic E-state index is -0.141. The molecule has 2 amide bonds. The highest BCUT2D eigenvalue weighted by molar-refractivity contribution is 5.98. The molecule has 2 rings (SSSR count). The molecule has 0 fully saturated rings. The molecule has 1 heterocycles. The Morgan fingerprint density at radius 1 is 1.44 bits per heavy atom. The van der Waals surface area contributed by atoms with Crippen molar-refractivity contribution in [2.24, 2.45) is 0 Å². The van der Waals surface area contributed by atoms with E-state index in [0.29, 0.717) is 24.9 Å². The number of hydrogen-bond acceptors (Lipinski definition) is 2. The number of nitrogens with one attached hydrogen (secondary N) is 2. The number of rotatable bonds is 2. The Balaban J connectivity index is 2.12. The van der Waals surface area contributed by atoms with Gasteiger partial charge in [0.1, 0.15) is 0 Å². The normalized spacial score (nSPS) is 12.8. The maximum atomic E-state index is 11.8. The quantitative estimate of drug-likeness (QED) is 0.768. The van der Waals surface area contributed by atoms with Crippen LogP contribution in [0.5, 0.6) is 0 Å². The molecule has 0 spiro atoms. The predicted molar refractivity (Wildman–Crippen MR) is 69.2 cm³/mol. The van der Waals surface area contributed by atoms with Gasteiger partial charge in [0, 0.05) is 17.7 Å². The van der Waals surface area contributed by atoms with Crippen LogP contribution in [0.1, 0.15) is 29.3 Å². The van der Waals surface area contributed by atoms with E-state index in [1.54, 1.807) is 19.1 Å². The first-order chi connectivity index (χ1) is 8.70. The summed E-state index contributed by atoms with van der Waals surface area (Å²) in [4.78, 5) is 23.0. The molecule has 0 saturated carbocycles. The summed E-state index contributed by atoms with van der Waals surface area (Å²) >= 11 is 0. The van der Waals surface area contributed by atoms with Crippen molar-refractivity contribution in [1.82, 2.24) is 5.32 Å². The molecule has 4 heteroatoms. The summed E-state index contributed by atoms with van der Waals surface area (Å²) in [5, 5.41) is 5.50. The number of fused-ring (bicyclic) bond motifs is 1. The van der Waals surface area contributed by atoms with Crippen LogP contribution in [0.4, 0.5) is 5.69 Å². The van der Waals surface area contributed by atoms with Crippen LogP contribution in [0.15, 0.2) is 18.2 Å². The van der Waals surface area contributed by atoms with Crippen molar-refractivity contribution in [3.63, 3.8) is 0 Å². The van der Waals surface area contributed by atoms with Gasteiger partial charge in [-0.1, -0.05) is 5.92 Å². The molecular formula is C14H14N2O2. The standard InChI is InChI=1S/C14H14N2O2/c1-2-3-8-15-14(18)11-4-6-12-10(9-11)5-7-13(17)16-12/h4,6,9H,5,7-8H2,1H3,(H,15,18)(H,16,17). The largest absolute Gasteiger partial charge is 0.341 e. The zero-order chi connectivity index (χ0) is 13.0. The van der Waals surface area contributed by atoms with E-state index < -0.39 is 0 Å². The van der Waals surface area contributed by atoms with E-state index in [9.17, 15) is 9.59 Å². The lowest BCUT2D eigenvalue weighted by atomic mass is 10.00. The molecule has 0 saturated heterocycles. The van der Waals surface area contributed by atoms with Gasteiger partial charge in [-0.3, -0.25) is 9.59 Å². The Hall–Kier alpha value is -2.28. The van der Waals surface area contributed by atoms with Crippen molar-refractivity contribution in [1.29, 1.82) is 0 Å². The highest BCUT2D eigenvalue weighted by Crippen LogP contribution is 2.23. The van der Waals surface area contributed by atoms with Crippen LogP contribution < -0.4 is 10.6 Å². The summed E-state index contributed by atoms with van der Waals surface area (Å²) in [6.45, 7) is 2.08. The summed E-state index contributed by atoms with van der Waals surface area (Å²) in [5.74, 6) is 5.38. The third-order valence-electron chi connectivity index (χ3n) is 2.78. The molecule has 0 radical (unpaired) electrons. The first-order valence-electron chi connectivity index (χ1n) is 5.81. The van der Waals surface area contributed by atoms with E-state index >= 15 is 0 Å². The Morgan fingerprint density at radius 2 is 2.28 bits per heavy atom. The lowest BCUT2D eigenvalue weighted by molar-refractivity contribution is -0.116. The van der Waals surface area contributed by atoms with Crippen LogP contribution >= 0.6 is 0 Å². The number of anilines is 1. The average Bonchev–Trinajstić information content (AvgIpc) is 2.38. The molecule has 1 aliphatic heterocycles. The monoisotopic (exact) mass is 242 g/mol. The number of amides is 2. The lowest BCUT2D eigenvalue weighted by Gasteiger charge is -2.17. The summed E-state index contributed by atoms with van der Waals surface area (Å²) in [7, 11) is 0. The highest BCUT2D eigenvalue weighted by atomic mass is 16.2. The van der Waals surface area contributed by atoms with Gasteiger partial charge in [0.05, 0.1) is 6.54 Å². The third-order valence-corrected chi connectivity index (χ3v) is 2.78. The number of hydrogen-bond donors (Lipinski definition) is 2. The van der Waals surface area contributed by atoms with Crippen LogP contribution in [0, 0.1) is 11.8 Å². The molecule has 0 unspecified atom stereocenters. The summed E-state index contributed by atoms with van der Waals surface area (Å²) in [6, 6.07) is 5.30. The lowest BCUT2D eigenvalue weighted by Crippen LogP contribution is -2.24. The molecule has 1 aromatic carbocycles. The number of carbonyl (C=O) groups is 2. The van der Waals surface area contributed by atoms with Gasteiger partial charge in [-0.05, 0) is 37.1 Å². The van der Waals surface area contributed by atoms with E-state index in [0.717, 1.165) is 11.3 Å². The molecule has 2 N–H and O–H groups in total. The second-order valence-corrected chi connectivity index (χ2v) is 4.03. The molecule has 1 aliphatic rings. The number of carbonyl (C=O) groups excluding carboxylic acids is 2. The van der Waals surface area contributed by atoms with Gasteiger partial charge < -0.3 is 10.6 Å². The van der Waals surface area contributed by atoms with E-state index in [4.69, 9.17) is 0 Å². The molecule has 1 aromatic rings. The molecule has 0 bridgehead atoms. The van der Waals surface area contributed by atoms with Crippen molar-refractivity contribution >= 4 is 17.5 Å². The molecule has 4 nitrogen and oxygen atoms in total. The Kier molecular flexibility index (Phi) is 3.63. The molecule has 92 valence electrons. The Morgan fingerprint density at radius 3 is 3.06 bits per heavy atom. The van der Waals surface area contributed by atoms with E-state index in [1.165, 1.54) is 0 Å². The van der Waals surface area contributed by atoms with Crippen LogP contribution in [0.25, 0.3) is 0 Å². The third kappa shape index (κ3) is 2.69. The zero-order valence-electron chi connectivity index (χ0n) is 10.2. The van der Waals surface area contributed by atoms with Gasteiger partial charge in [-0.2, -0.15) is 0 Å². The van der Waals surface area contributed by atoms with E-state index in [2.05, 4.69) is 22.5 Å². The highest BCUT2D eigenvalue weighted by Gasteiger charge is 2.16. The molecule has 18 heavy (non-hydrogen) atoms. The Bertz CT molecular complexity index is 553. The van der Waals surface area contributed by atoms with E-state index in [-0.39, 0.29) is 11.8 Å². The van der Waals surface area contributed by atoms with Crippen molar-refractivity contribution in [3.05, 3.63) is 29.3 Å². The molecule has 0 atom stereocenters. The van der Waals surface area contributed by atoms with Crippen LogP contribution in [0.3, 0.4) is 0 Å². The van der Waals surface area contributed by atoms with Gasteiger partial charge in [0.25, 0.3) is 5.91 Å². The molecule has 0 aliphatic carbocycles. The summed E-state index contributed by atoms with van der Waals surface area (Å²) < 4.78 is 0. The van der Waals surface area contributed by atoms with Crippen molar-refractivity contribution in [3.8, 4) is 11.8 Å². The molecule has 0 aromatic heterocycles. The predicted octanol–water partition coefficient (Wildman–Crippen LogP) is 1.32. The maximum absolute atomic E-state index is 11.8. The van der Waals surface area contributed by atoms with Crippen LogP contribution in [-0.4, -0.2) is 18.4 Å². The minimum Gasteiger partial charge on any atom is -0.341 e. The van der Waals surface area contributed by atoms with Gasteiger partial charge in [0.15, 0.2) is 0 Å². The average molecular weight is 242 g/mol. The SMILES string of the molecule is CC#CCNC(=O)c1ccc2c(c1)CCC(=O)N2. The van der Waals surface area contributed by atoms with Crippen molar-refractivity contribution in [2.75, 3.05) is 11.9 Å². The smallest absolute Gasteiger partial charge is 0.252 e. The first-order valence-corrected chi connectivity index (χ1v) is 5.81. The van der Waals surface area contributed by atoms with Crippen molar-refractivity contribution < 1.29 is 9.59 Å². The van der Waals surface area contributed by atoms with Gasteiger partial charge in [0.2, 0.25) is 5.91 Å². The fraction of sp³-hybridized carbons (Fsp3) is 0.286. The van der Waals surface area contributed by atoms with Gasteiger partial charge in [-0.15, -0.1) is 5.92 Å². The van der Waals surface area contributed by atoms with Gasteiger partial charge in [-0.25, -0.2) is 0 Å². The first kappa shape index (κ1) is 12.2. The van der Waals surface area contributed by atoms with E-state index in [1.807, 2.05) is 6.07 Å². The van der Waals surface area contributed by atoms with Crippen LogP contribution in [-0.2, 0) is 11.2 Å². The minimum absolute atomic E-state index is 0.0259. The van der Waals surface area contributed by atoms with Crippen molar-refractivity contribution in [2.45, 2.75) is 19.8 Å². The maximum Gasteiger partial charge on any atom is 0.252 e. The topological polar surface area (TPSA) is 58.2 Å². The van der Waals surface area contributed by atoms with Gasteiger partial charge >= 0.3 is 0 Å². The fourth-order valence-corrected chi connectivity index (χ4v) is 1.84. The second-order valence-electron chi connectivity index (χ2n) is 4.03.